The lowest BCUT2D eigenvalue weighted by atomic mass is 9.71. The van der Waals surface area contributed by atoms with Crippen LogP contribution in [-0.2, 0) is 12.5 Å². The first kappa shape index (κ1) is 20.1. The lowest BCUT2D eigenvalue weighted by Crippen LogP contribution is -2.33. The molecule has 0 bridgehead atoms. The van der Waals surface area contributed by atoms with E-state index in [0.29, 0.717) is 5.41 Å². The Hall–Kier alpha value is -1.63. The highest BCUT2D eigenvalue weighted by Gasteiger charge is 2.30. The molecule has 1 saturated carbocycles. The molecule has 0 saturated heterocycles. The van der Waals surface area contributed by atoms with Gasteiger partial charge in [-0.2, -0.15) is 0 Å². The van der Waals surface area contributed by atoms with Gasteiger partial charge in [0.1, 0.15) is 7.05 Å². The van der Waals surface area contributed by atoms with Crippen molar-refractivity contribution in [1.82, 2.24) is 0 Å². The monoisotopic (exact) mass is 364 g/mol. The number of benzene rings is 1. The average molecular weight is 365 g/mol. The zero-order valence-electron chi connectivity index (χ0n) is 18.7. The first-order valence-corrected chi connectivity index (χ1v) is 10.6. The highest BCUT2D eigenvalue weighted by molar-refractivity contribution is 5.63. The summed E-state index contributed by atoms with van der Waals surface area (Å²) >= 11 is 0. The van der Waals surface area contributed by atoms with Gasteiger partial charge >= 0.3 is 0 Å². The van der Waals surface area contributed by atoms with E-state index < -0.39 is 0 Å². The molecular formula is C26H38N+. The third-order valence-corrected chi connectivity index (χ3v) is 6.67. The summed E-state index contributed by atoms with van der Waals surface area (Å²) in [6.45, 7) is 16.2. The molecule has 0 amide bonds. The SMILES string of the molecule is Cc1cc(C(C)(C)C)ccc1-c1cc(C)c(C2CCC(C)(C)CC2)c[n+]1C. The van der Waals surface area contributed by atoms with Gasteiger partial charge in [-0.15, -0.1) is 0 Å². The van der Waals surface area contributed by atoms with Crippen LogP contribution in [-0.4, -0.2) is 0 Å². The summed E-state index contributed by atoms with van der Waals surface area (Å²) in [4.78, 5) is 0. The highest BCUT2D eigenvalue weighted by atomic mass is 14.9. The minimum atomic E-state index is 0.194. The summed E-state index contributed by atoms with van der Waals surface area (Å²) in [5, 5.41) is 0. The maximum absolute atomic E-state index is 2.42. The summed E-state index contributed by atoms with van der Waals surface area (Å²) < 4.78 is 2.35. The van der Waals surface area contributed by atoms with Gasteiger partial charge < -0.3 is 0 Å². The molecule has 1 heteroatoms. The summed E-state index contributed by atoms with van der Waals surface area (Å²) in [6.07, 6.45) is 7.75. The number of hydrogen-bond donors (Lipinski definition) is 0. The van der Waals surface area contributed by atoms with E-state index in [1.165, 1.54) is 53.6 Å². The van der Waals surface area contributed by atoms with E-state index in [-0.39, 0.29) is 5.41 Å². The van der Waals surface area contributed by atoms with Crippen molar-refractivity contribution in [2.75, 3.05) is 0 Å². The maximum atomic E-state index is 2.42. The molecule has 1 aliphatic carbocycles. The molecular weight excluding hydrogens is 326 g/mol. The number of aryl methyl sites for hydroxylation is 3. The number of pyridine rings is 1. The van der Waals surface area contributed by atoms with E-state index in [1.807, 2.05) is 0 Å². The number of nitrogens with zero attached hydrogens (tertiary/aromatic N) is 1. The number of aromatic nitrogens is 1. The third kappa shape index (κ3) is 4.28. The van der Waals surface area contributed by atoms with Gasteiger partial charge in [-0.3, -0.25) is 0 Å². The van der Waals surface area contributed by atoms with Gasteiger partial charge in [0.05, 0.1) is 0 Å². The molecule has 1 aliphatic rings. The molecule has 0 aliphatic heterocycles. The Morgan fingerprint density at radius 3 is 2.15 bits per heavy atom. The van der Waals surface area contributed by atoms with E-state index >= 15 is 0 Å². The Bertz CT molecular complexity index is 826. The van der Waals surface area contributed by atoms with Crippen LogP contribution in [0.4, 0.5) is 0 Å². The Labute approximate surface area is 166 Å². The molecule has 2 aromatic rings. The van der Waals surface area contributed by atoms with Crippen molar-refractivity contribution in [3.05, 3.63) is 52.7 Å². The van der Waals surface area contributed by atoms with Crippen LogP contribution < -0.4 is 4.57 Å². The fourth-order valence-electron chi connectivity index (χ4n) is 4.59. The Kier molecular flexibility index (Phi) is 5.27. The van der Waals surface area contributed by atoms with Crippen molar-refractivity contribution in [2.45, 2.75) is 85.5 Å². The minimum absolute atomic E-state index is 0.194. The molecule has 27 heavy (non-hydrogen) atoms. The molecule has 0 spiro atoms. The molecule has 146 valence electrons. The van der Waals surface area contributed by atoms with Crippen LogP contribution in [0.15, 0.2) is 30.5 Å². The second-order valence-corrected chi connectivity index (χ2v) is 10.6. The van der Waals surface area contributed by atoms with Gasteiger partial charge in [0, 0.05) is 17.2 Å². The fraction of sp³-hybridized carbons (Fsp3) is 0.577. The van der Waals surface area contributed by atoms with Gasteiger partial charge in [0.2, 0.25) is 5.69 Å². The van der Waals surface area contributed by atoms with Gasteiger partial charge in [-0.05, 0) is 79.0 Å². The topological polar surface area (TPSA) is 3.88 Å². The molecule has 1 heterocycles. The molecule has 3 rings (SSSR count). The predicted molar refractivity (Wildman–Crippen MR) is 116 cm³/mol. The van der Waals surface area contributed by atoms with Crippen LogP contribution in [0.25, 0.3) is 11.3 Å². The van der Waals surface area contributed by atoms with Crippen LogP contribution in [0.2, 0.25) is 0 Å². The molecule has 1 aromatic heterocycles. The molecule has 1 fully saturated rings. The Morgan fingerprint density at radius 1 is 0.963 bits per heavy atom. The lowest BCUT2D eigenvalue weighted by Gasteiger charge is -2.34. The van der Waals surface area contributed by atoms with Crippen LogP contribution in [0, 0.1) is 19.3 Å². The van der Waals surface area contributed by atoms with Crippen molar-refractivity contribution < 1.29 is 4.57 Å². The molecule has 0 atom stereocenters. The van der Waals surface area contributed by atoms with Crippen LogP contribution in [0.5, 0.6) is 0 Å². The zero-order chi connectivity index (χ0) is 20.0. The van der Waals surface area contributed by atoms with Crippen molar-refractivity contribution in [2.24, 2.45) is 12.5 Å². The van der Waals surface area contributed by atoms with E-state index in [0.717, 1.165) is 5.92 Å². The standard InChI is InChI=1S/C26H38N/c1-18-15-21(25(3,4)5)9-10-22(18)24-16-19(2)23(17-27(24)8)20-11-13-26(6,7)14-12-20/h9-10,15-17,20H,11-14H2,1-8H3/q+1. The summed E-state index contributed by atoms with van der Waals surface area (Å²) in [7, 11) is 2.21. The van der Waals surface area contributed by atoms with Crippen LogP contribution >= 0.6 is 0 Å². The first-order chi connectivity index (χ1) is 12.5. The number of rotatable bonds is 2. The molecule has 1 nitrogen and oxygen atoms in total. The van der Waals surface area contributed by atoms with Crippen molar-refractivity contribution >= 4 is 0 Å². The molecule has 0 unspecified atom stereocenters. The zero-order valence-corrected chi connectivity index (χ0v) is 18.7. The van der Waals surface area contributed by atoms with Gasteiger partial charge in [0.25, 0.3) is 0 Å². The van der Waals surface area contributed by atoms with Gasteiger partial charge in [-0.25, -0.2) is 4.57 Å². The maximum Gasteiger partial charge on any atom is 0.212 e. The smallest absolute Gasteiger partial charge is 0.201 e. The van der Waals surface area contributed by atoms with Crippen molar-refractivity contribution in [3.63, 3.8) is 0 Å². The Morgan fingerprint density at radius 2 is 1.59 bits per heavy atom. The normalized spacial score (nSPS) is 17.9. The van der Waals surface area contributed by atoms with Crippen LogP contribution in [0.3, 0.4) is 0 Å². The van der Waals surface area contributed by atoms with E-state index in [2.05, 4.69) is 90.5 Å². The Balaban J connectivity index is 1.94. The quantitative estimate of drug-likeness (QED) is 0.517. The van der Waals surface area contributed by atoms with Gasteiger partial charge in [0.15, 0.2) is 6.20 Å². The average Bonchev–Trinajstić information content (AvgIpc) is 2.56. The lowest BCUT2D eigenvalue weighted by molar-refractivity contribution is -0.661. The van der Waals surface area contributed by atoms with Gasteiger partial charge in [-0.1, -0.05) is 46.8 Å². The highest BCUT2D eigenvalue weighted by Crippen LogP contribution is 2.43. The summed E-state index contributed by atoms with van der Waals surface area (Å²) in [5.74, 6) is 0.725. The third-order valence-electron chi connectivity index (χ3n) is 6.67. The summed E-state index contributed by atoms with van der Waals surface area (Å²) in [5.41, 5.74) is 9.18. The molecule has 0 N–H and O–H groups in total. The number of hydrogen-bond acceptors (Lipinski definition) is 0. The second kappa shape index (κ2) is 7.08. The second-order valence-electron chi connectivity index (χ2n) is 10.6. The summed E-state index contributed by atoms with van der Waals surface area (Å²) in [6, 6.07) is 9.39. The van der Waals surface area contributed by atoms with Crippen LogP contribution in [0.1, 0.15) is 88.5 Å². The van der Waals surface area contributed by atoms with E-state index in [1.54, 1.807) is 5.56 Å². The van der Waals surface area contributed by atoms with E-state index in [9.17, 15) is 0 Å². The molecule has 0 radical (unpaired) electrons. The molecule has 1 aromatic carbocycles. The van der Waals surface area contributed by atoms with Crippen molar-refractivity contribution in [3.8, 4) is 11.3 Å². The predicted octanol–water partition coefficient (Wildman–Crippen LogP) is 6.78. The first-order valence-electron chi connectivity index (χ1n) is 10.6. The van der Waals surface area contributed by atoms with Crippen molar-refractivity contribution in [1.29, 1.82) is 0 Å². The largest absolute Gasteiger partial charge is 0.212 e. The minimum Gasteiger partial charge on any atom is -0.201 e. The van der Waals surface area contributed by atoms with E-state index in [4.69, 9.17) is 0 Å². The fourth-order valence-corrected chi connectivity index (χ4v) is 4.59.